The van der Waals surface area contributed by atoms with E-state index in [2.05, 4.69) is 17.0 Å². The van der Waals surface area contributed by atoms with Crippen LogP contribution in [0.1, 0.15) is 35.6 Å². The van der Waals surface area contributed by atoms with E-state index in [4.69, 9.17) is 14.7 Å². The first kappa shape index (κ1) is 15.9. The zero-order valence-electron chi connectivity index (χ0n) is 13.9. The van der Waals surface area contributed by atoms with Crippen LogP contribution in [0.4, 0.5) is 4.39 Å². The molecule has 0 N–H and O–H groups in total. The molecule has 2 aromatic rings. The van der Waals surface area contributed by atoms with Crippen molar-refractivity contribution in [2.45, 2.75) is 25.4 Å². The van der Waals surface area contributed by atoms with Gasteiger partial charge in [0.2, 0.25) is 0 Å². The van der Waals surface area contributed by atoms with Crippen LogP contribution in [0.15, 0.2) is 36.4 Å². The Kier molecular flexibility index (Phi) is 4.29. The lowest BCUT2D eigenvalue weighted by molar-refractivity contribution is 0.170. The zero-order chi connectivity index (χ0) is 17.2. The van der Waals surface area contributed by atoms with Crippen molar-refractivity contribution >= 4 is 0 Å². The molecular formula is C20H19FN2O2. The molecule has 0 radical (unpaired) electrons. The van der Waals surface area contributed by atoms with Gasteiger partial charge in [0.15, 0.2) is 11.5 Å². The quantitative estimate of drug-likeness (QED) is 0.854. The second-order valence-corrected chi connectivity index (χ2v) is 6.45. The summed E-state index contributed by atoms with van der Waals surface area (Å²) in [6.07, 6.45) is 2.10. The van der Waals surface area contributed by atoms with E-state index in [1.807, 2.05) is 12.1 Å². The maximum atomic E-state index is 14.1. The first-order valence-electron chi connectivity index (χ1n) is 8.57. The standard InChI is InChI=1S/C20H19FN2O2/c21-17-5-3-14(12-22)10-16(17)13-23-7-1-2-18(23)15-4-6-19-20(11-15)25-9-8-24-19/h3-6,10-11,18H,1-2,7-9,13H2. The Morgan fingerprint density at radius 1 is 1.12 bits per heavy atom. The molecule has 4 nitrogen and oxygen atoms in total. The van der Waals surface area contributed by atoms with Crippen LogP contribution in [0.25, 0.3) is 0 Å². The first-order valence-corrected chi connectivity index (χ1v) is 8.57. The van der Waals surface area contributed by atoms with E-state index in [0.717, 1.165) is 30.9 Å². The highest BCUT2D eigenvalue weighted by Gasteiger charge is 2.28. The summed E-state index contributed by atoms with van der Waals surface area (Å²) in [4.78, 5) is 2.27. The maximum absolute atomic E-state index is 14.1. The highest BCUT2D eigenvalue weighted by Crippen LogP contribution is 2.38. The molecule has 5 heteroatoms. The third-order valence-electron chi connectivity index (χ3n) is 4.86. The monoisotopic (exact) mass is 338 g/mol. The number of hydrogen-bond acceptors (Lipinski definition) is 4. The Balaban J connectivity index is 1.58. The summed E-state index contributed by atoms with van der Waals surface area (Å²) in [5, 5.41) is 9.04. The molecular weight excluding hydrogens is 319 g/mol. The predicted molar refractivity (Wildman–Crippen MR) is 90.9 cm³/mol. The largest absolute Gasteiger partial charge is 0.486 e. The van der Waals surface area contributed by atoms with Gasteiger partial charge in [0.05, 0.1) is 11.6 Å². The molecule has 2 aliphatic rings. The predicted octanol–water partition coefficient (Wildman–Crippen LogP) is 3.81. The number of ether oxygens (including phenoxy) is 2. The van der Waals surface area contributed by atoms with E-state index in [0.29, 0.717) is 30.9 Å². The first-order chi connectivity index (χ1) is 12.2. The van der Waals surface area contributed by atoms with Crippen LogP contribution in [-0.4, -0.2) is 24.7 Å². The van der Waals surface area contributed by atoms with Gasteiger partial charge in [0.1, 0.15) is 19.0 Å². The molecule has 0 saturated carbocycles. The lowest BCUT2D eigenvalue weighted by atomic mass is 10.0. The molecule has 0 aromatic heterocycles. The average molecular weight is 338 g/mol. The topological polar surface area (TPSA) is 45.5 Å². The number of halogens is 1. The van der Waals surface area contributed by atoms with Gasteiger partial charge in [-0.25, -0.2) is 4.39 Å². The molecule has 2 aromatic carbocycles. The molecule has 1 fully saturated rings. The zero-order valence-corrected chi connectivity index (χ0v) is 13.9. The van der Waals surface area contributed by atoms with Crippen molar-refractivity contribution in [1.29, 1.82) is 5.26 Å². The average Bonchev–Trinajstić information content (AvgIpc) is 3.11. The van der Waals surface area contributed by atoms with Gasteiger partial charge >= 0.3 is 0 Å². The lowest BCUT2D eigenvalue weighted by Crippen LogP contribution is -2.24. The van der Waals surface area contributed by atoms with Crippen molar-refractivity contribution in [2.24, 2.45) is 0 Å². The summed E-state index contributed by atoms with van der Waals surface area (Å²) in [7, 11) is 0. The molecule has 1 unspecified atom stereocenters. The fourth-order valence-corrected chi connectivity index (χ4v) is 3.64. The van der Waals surface area contributed by atoms with Crippen LogP contribution in [0.2, 0.25) is 0 Å². The Bertz CT molecular complexity index is 831. The Hall–Kier alpha value is -2.58. The van der Waals surface area contributed by atoms with Gasteiger partial charge in [-0.3, -0.25) is 4.90 Å². The molecule has 25 heavy (non-hydrogen) atoms. The second-order valence-electron chi connectivity index (χ2n) is 6.45. The summed E-state index contributed by atoms with van der Waals surface area (Å²) in [5.41, 5.74) is 2.23. The number of fused-ring (bicyclic) bond motifs is 1. The van der Waals surface area contributed by atoms with Crippen molar-refractivity contribution < 1.29 is 13.9 Å². The number of rotatable bonds is 3. The summed E-state index contributed by atoms with van der Waals surface area (Å²) in [6.45, 7) is 2.56. The van der Waals surface area contributed by atoms with Crippen molar-refractivity contribution in [2.75, 3.05) is 19.8 Å². The minimum absolute atomic E-state index is 0.223. The van der Waals surface area contributed by atoms with E-state index in [1.54, 1.807) is 6.07 Å². The van der Waals surface area contributed by atoms with Gasteiger partial charge in [-0.05, 0) is 55.3 Å². The number of nitrogens with zero attached hydrogens (tertiary/aromatic N) is 2. The van der Waals surface area contributed by atoms with Gasteiger partial charge in [0, 0.05) is 18.2 Å². The molecule has 1 atom stereocenters. The molecule has 0 bridgehead atoms. The molecule has 0 amide bonds. The van der Waals surface area contributed by atoms with Crippen LogP contribution < -0.4 is 9.47 Å². The maximum Gasteiger partial charge on any atom is 0.161 e. The number of likely N-dealkylation sites (tertiary alicyclic amines) is 1. The van der Waals surface area contributed by atoms with Crippen molar-refractivity contribution in [3.05, 3.63) is 58.9 Å². The summed E-state index contributed by atoms with van der Waals surface area (Å²) < 4.78 is 25.4. The minimum atomic E-state index is -0.258. The highest BCUT2D eigenvalue weighted by molar-refractivity contribution is 5.45. The second kappa shape index (κ2) is 6.73. The van der Waals surface area contributed by atoms with E-state index in [-0.39, 0.29) is 11.9 Å². The van der Waals surface area contributed by atoms with Crippen LogP contribution in [-0.2, 0) is 6.54 Å². The fourth-order valence-electron chi connectivity index (χ4n) is 3.64. The normalized spacial score (nSPS) is 19.6. The number of hydrogen-bond donors (Lipinski definition) is 0. The van der Waals surface area contributed by atoms with Gasteiger partial charge in [-0.1, -0.05) is 6.07 Å². The van der Waals surface area contributed by atoms with Gasteiger partial charge in [-0.15, -0.1) is 0 Å². The van der Waals surface area contributed by atoms with Crippen LogP contribution in [0, 0.1) is 17.1 Å². The molecule has 4 rings (SSSR count). The number of nitriles is 1. The molecule has 2 heterocycles. The van der Waals surface area contributed by atoms with E-state index in [9.17, 15) is 4.39 Å². The summed E-state index contributed by atoms with van der Waals surface area (Å²) >= 11 is 0. The molecule has 0 aliphatic carbocycles. The summed E-state index contributed by atoms with van der Waals surface area (Å²) in [6, 6.07) is 12.9. The van der Waals surface area contributed by atoms with Gasteiger partial charge < -0.3 is 9.47 Å². The van der Waals surface area contributed by atoms with E-state index < -0.39 is 0 Å². The minimum Gasteiger partial charge on any atom is -0.486 e. The van der Waals surface area contributed by atoms with E-state index in [1.165, 1.54) is 17.7 Å². The Morgan fingerprint density at radius 3 is 2.80 bits per heavy atom. The smallest absolute Gasteiger partial charge is 0.161 e. The highest BCUT2D eigenvalue weighted by atomic mass is 19.1. The van der Waals surface area contributed by atoms with Crippen LogP contribution in [0.3, 0.4) is 0 Å². The van der Waals surface area contributed by atoms with Crippen LogP contribution in [0.5, 0.6) is 11.5 Å². The Labute approximate surface area is 146 Å². The van der Waals surface area contributed by atoms with Crippen molar-refractivity contribution in [1.82, 2.24) is 4.90 Å². The van der Waals surface area contributed by atoms with Crippen molar-refractivity contribution in [3.8, 4) is 17.6 Å². The third kappa shape index (κ3) is 3.18. The molecule has 128 valence electrons. The van der Waals surface area contributed by atoms with Gasteiger partial charge in [0.25, 0.3) is 0 Å². The molecule has 1 saturated heterocycles. The Morgan fingerprint density at radius 2 is 1.96 bits per heavy atom. The lowest BCUT2D eigenvalue weighted by Gasteiger charge is -2.26. The van der Waals surface area contributed by atoms with Crippen LogP contribution >= 0.6 is 0 Å². The molecule has 2 aliphatic heterocycles. The third-order valence-corrected chi connectivity index (χ3v) is 4.86. The number of benzene rings is 2. The summed E-state index contributed by atoms with van der Waals surface area (Å²) in [5.74, 6) is 1.31. The van der Waals surface area contributed by atoms with Crippen molar-refractivity contribution in [3.63, 3.8) is 0 Å². The molecule has 0 spiro atoms. The fraction of sp³-hybridized carbons (Fsp3) is 0.350. The SMILES string of the molecule is N#Cc1ccc(F)c(CN2CCCC2c2ccc3c(c2)OCCO3)c1. The van der Waals surface area contributed by atoms with Gasteiger partial charge in [-0.2, -0.15) is 5.26 Å². The van der Waals surface area contributed by atoms with E-state index >= 15 is 0 Å².